The van der Waals surface area contributed by atoms with Crippen molar-refractivity contribution in [3.8, 4) is 0 Å². The van der Waals surface area contributed by atoms with Gasteiger partial charge in [0.1, 0.15) is 5.82 Å². The van der Waals surface area contributed by atoms with Gasteiger partial charge in [-0.1, -0.05) is 6.07 Å². The van der Waals surface area contributed by atoms with E-state index in [-0.39, 0.29) is 11.3 Å². The number of aryl methyl sites for hydroxylation is 2. The Labute approximate surface area is 140 Å². The van der Waals surface area contributed by atoms with E-state index in [0.717, 1.165) is 49.5 Å². The number of rotatable bonds is 2. The van der Waals surface area contributed by atoms with Crippen LogP contribution in [0.1, 0.15) is 41.2 Å². The van der Waals surface area contributed by atoms with Crippen LogP contribution in [0.15, 0.2) is 23.7 Å². The minimum atomic E-state index is 0.0619. The highest BCUT2D eigenvalue weighted by atomic mass is 32.1. The van der Waals surface area contributed by atoms with Crippen LogP contribution in [0.2, 0.25) is 0 Å². The Kier molecular flexibility index (Phi) is 3.68. The van der Waals surface area contributed by atoms with E-state index in [9.17, 15) is 4.79 Å². The van der Waals surface area contributed by atoms with Crippen LogP contribution >= 0.6 is 11.3 Å². The molecule has 0 N–H and O–H groups in total. The quantitative estimate of drug-likeness (QED) is 0.852. The van der Waals surface area contributed by atoms with Gasteiger partial charge in [-0.15, -0.1) is 11.3 Å². The maximum atomic E-state index is 12.7. The number of nitrogens with zero attached hydrogens (tertiary/aromatic N) is 3. The third kappa shape index (κ3) is 2.67. The van der Waals surface area contributed by atoms with Gasteiger partial charge in [-0.05, 0) is 49.6 Å². The lowest BCUT2D eigenvalue weighted by atomic mass is 9.77. The van der Waals surface area contributed by atoms with Gasteiger partial charge in [-0.25, -0.2) is 9.97 Å². The lowest BCUT2D eigenvalue weighted by Gasteiger charge is -2.40. The number of amides is 1. The molecule has 0 bridgehead atoms. The molecular weight excluding hydrogens is 306 g/mol. The summed E-state index contributed by atoms with van der Waals surface area (Å²) in [6.07, 6.45) is 6.87. The van der Waals surface area contributed by atoms with E-state index in [4.69, 9.17) is 4.98 Å². The van der Waals surface area contributed by atoms with Crippen molar-refractivity contribution in [3.05, 3.63) is 45.7 Å². The topological polar surface area (TPSA) is 46.1 Å². The Hall–Kier alpha value is -1.75. The van der Waals surface area contributed by atoms with Gasteiger partial charge < -0.3 is 4.90 Å². The van der Waals surface area contributed by atoms with Gasteiger partial charge in [-0.3, -0.25) is 4.79 Å². The van der Waals surface area contributed by atoms with Crippen molar-refractivity contribution in [2.24, 2.45) is 0 Å². The highest BCUT2D eigenvalue weighted by molar-refractivity contribution is 7.10. The molecule has 1 saturated heterocycles. The van der Waals surface area contributed by atoms with Gasteiger partial charge in [0.15, 0.2) is 0 Å². The summed E-state index contributed by atoms with van der Waals surface area (Å²) < 4.78 is 0. The number of hydrogen-bond donors (Lipinski definition) is 0. The number of carbonyl (C=O) groups excluding carboxylic acids is 1. The van der Waals surface area contributed by atoms with Crippen molar-refractivity contribution in [2.75, 3.05) is 13.1 Å². The summed E-state index contributed by atoms with van der Waals surface area (Å²) in [6, 6.07) is 4.06. The smallest absolute Gasteiger partial charge is 0.227 e. The molecule has 0 saturated carbocycles. The fourth-order valence-electron chi connectivity index (χ4n) is 4.05. The maximum Gasteiger partial charge on any atom is 0.227 e. The van der Waals surface area contributed by atoms with Gasteiger partial charge >= 0.3 is 0 Å². The molecule has 1 amide bonds. The van der Waals surface area contributed by atoms with Crippen LogP contribution in [0.3, 0.4) is 0 Å². The van der Waals surface area contributed by atoms with Crippen LogP contribution in [0.5, 0.6) is 0 Å². The van der Waals surface area contributed by atoms with Crippen LogP contribution < -0.4 is 0 Å². The first-order valence-electron chi connectivity index (χ1n) is 8.29. The molecule has 1 aliphatic heterocycles. The normalized spacial score (nSPS) is 23.3. The Morgan fingerprint density at radius 1 is 1.43 bits per heavy atom. The molecule has 2 aromatic rings. The van der Waals surface area contributed by atoms with Crippen LogP contribution in [-0.4, -0.2) is 33.9 Å². The highest BCUT2D eigenvalue weighted by Gasteiger charge is 2.44. The Morgan fingerprint density at radius 2 is 2.35 bits per heavy atom. The molecule has 1 aliphatic carbocycles. The molecule has 0 aromatic carbocycles. The average molecular weight is 327 g/mol. The predicted octanol–water partition coefficient (Wildman–Crippen LogP) is 2.90. The minimum absolute atomic E-state index is 0.0619. The number of piperidine rings is 1. The molecule has 2 aliphatic rings. The van der Waals surface area contributed by atoms with Crippen molar-refractivity contribution in [1.29, 1.82) is 0 Å². The molecule has 1 fully saturated rings. The van der Waals surface area contributed by atoms with E-state index < -0.39 is 0 Å². The molecule has 2 aromatic heterocycles. The summed E-state index contributed by atoms with van der Waals surface area (Å²) in [6.45, 7) is 3.65. The zero-order valence-electron chi connectivity index (χ0n) is 13.4. The van der Waals surface area contributed by atoms with E-state index in [2.05, 4.69) is 9.88 Å². The lowest BCUT2D eigenvalue weighted by molar-refractivity contribution is -0.132. The van der Waals surface area contributed by atoms with Gasteiger partial charge in [0.2, 0.25) is 5.91 Å². The van der Waals surface area contributed by atoms with Crippen molar-refractivity contribution in [3.63, 3.8) is 0 Å². The molecule has 1 spiro atoms. The predicted molar refractivity (Wildman–Crippen MR) is 90.6 cm³/mol. The number of thiophene rings is 1. The zero-order chi connectivity index (χ0) is 15.9. The molecule has 4 rings (SSSR count). The number of aromatic nitrogens is 2. The standard InChI is InChI=1S/C18H21N3OS/c1-13-19-11-14-5-7-18(17(14)20-13)6-3-8-21(12-18)16(22)10-15-4-2-9-23-15/h2,4,9,11H,3,5-8,10,12H2,1H3. The first-order valence-corrected chi connectivity index (χ1v) is 9.17. The van der Waals surface area contributed by atoms with Crippen LogP contribution in [0, 0.1) is 6.92 Å². The van der Waals surface area contributed by atoms with Crippen LogP contribution in [0.4, 0.5) is 0 Å². The van der Waals surface area contributed by atoms with Crippen LogP contribution in [0.25, 0.3) is 0 Å². The Bertz CT molecular complexity index is 724. The van der Waals surface area contributed by atoms with Crippen LogP contribution in [-0.2, 0) is 23.1 Å². The third-order valence-corrected chi connectivity index (χ3v) is 6.07. The van der Waals surface area contributed by atoms with E-state index >= 15 is 0 Å². The van der Waals surface area contributed by atoms with Crippen molar-refractivity contribution < 1.29 is 4.79 Å². The van der Waals surface area contributed by atoms with Gasteiger partial charge in [0, 0.05) is 29.6 Å². The molecule has 0 radical (unpaired) electrons. The van der Waals surface area contributed by atoms with E-state index in [1.807, 2.05) is 30.6 Å². The second-order valence-electron chi connectivity index (χ2n) is 6.75. The van der Waals surface area contributed by atoms with Gasteiger partial charge in [0.25, 0.3) is 0 Å². The molecule has 4 nitrogen and oxygen atoms in total. The molecule has 23 heavy (non-hydrogen) atoms. The number of carbonyl (C=O) groups is 1. The number of hydrogen-bond acceptors (Lipinski definition) is 4. The molecule has 1 unspecified atom stereocenters. The SMILES string of the molecule is Cc1ncc2c(n1)C1(CCCN(C(=O)Cc3cccs3)C1)CC2. The monoisotopic (exact) mass is 327 g/mol. The second-order valence-corrected chi connectivity index (χ2v) is 7.78. The van der Waals surface area contributed by atoms with Gasteiger partial charge in [-0.2, -0.15) is 0 Å². The summed E-state index contributed by atoms with van der Waals surface area (Å²) in [7, 11) is 0. The molecular formula is C18H21N3OS. The number of fused-ring (bicyclic) bond motifs is 2. The average Bonchev–Trinajstić information content (AvgIpc) is 3.17. The largest absolute Gasteiger partial charge is 0.341 e. The first-order chi connectivity index (χ1) is 11.2. The Balaban J connectivity index is 1.56. The molecule has 3 heterocycles. The van der Waals surface area contributed by atoms with Crippen molar-refractivity contribution in [1.82, 2.24) is 14.9 Å². The maximum absolute atomic E-state index is 12.7. The lowest BCUT2D eigenvalue weighted by Crippen LogP contribution is -2.48. The van der Waals surface area contributed by atoms with Crippen molar-refractivity contribution in [2.45, 2.75) is 44.4 Å². The Morgan fingerprint density at radius 3 is 3.17 bits per heavy atom. The summed E-state index contributed by atoms with van der Waals surface area (Å²) in [5.74, 6) is 1.10. The highest BCUT2D eigenvalue weighted by Crippen LogP contribution is 2.43. The summed E-state index contributed by atoms with van der Waals surface area (Å²) in [5.41, 5.74) is 2.55. The second kappa shape index (κ2) is 5.71. The third-order valence-electron chi connectivity index (χ3n) is 5.20. The van der Waals surface area contributed by atoms with Crippen molar-refractivity contribution >= 4 is 17.2 Å². The fraction of sp³-hybridized carbons (Fsp3) is 0.500. The summed E-state index contributed by atoms with van der Waals surface area (Å²) in [5, 5.41) is 2.03. The zero-order valence-corrected chi connectivity index (χ0v) is 14.2. The van der Waals surface area contributed by atoms with E-state index in [0.29, 0.717) is 6.42 Å². The van der Waals surface area contributed by atoms with E-state index in [1.165, 1.54) is 11.3 Å². The molecule has 5 heteroatoms. The molecule has 1 atom stereocenters. The number of likely N-dealkylation sites (tertiary alicyclic amines) is 1. The van der Waals surface area contributed by atoms with Gasteiger partial charge in [0.05, 0.1) is 12.1 Å². The first kappa shape index (κ1) is 14.8. The van der Waals surface area contributed by atoms with E-state index in [1.54, 1.807) is 11.3 Å². The summed E-state index contributed by atoms with van der Waals surface area (Å²) in [4.78, 5) is 25.0. The summed E-state index contributed by atoms with van der Waals surface area (Å²) >= 11 is 1.66. The fourth-order valence-corrected chi connectivity index (χ4v) is 4.74. The minimum Gasteiger partial charge on any atom is -0.341 e. The molecule has 120 valence electrons.